The number of hydrogen-bond donors (Lipinski definition) is 1. The van der Waals surface area contributed by atoms with Gasteiger partial charge in [-0.05, 0) is 36.4 Å². The van der Waals surface area contributed by atoms with E-state index in [2.05, 4.69) is 21.2 Å². The van der Waals surface area contributed by atoms with Crippen LogP contribution in [0.2, 0.25) is 0 Å². The number of ether oxygens (including phenoxy) is 2. The summed E-state index contributed by atoms with van der Waals surface area (Å²) in [6.45, 7) is 0.935. The number of carbonyl (C=O) groups is 3. The average molecular weight is 461 g/mol. The molecule has 0 aromatic heterocycles. The fourth-order valence-corrected chi connectivity index (χ4v) is 3.23. The summed E-state index contributed by atoms with van der Waals surface area (Å²) < 4.78 is 11.5. The first-order chi connectivity index (χ1) is 14.0. The standard InChI is InChI=1S/C21H21BrN2O5/c22-16-8-6-15(7-9-16)21(27)24-11-10-23-20(26)18(24)14-19(25)29-13-12-28-17-4-2-1-3-5-17/h1-9,18H,10-14H2,(H,23,26). The zero-order valence-corrected chi connectivity index (χ0v) is 17.3. The molecule has 0 saturated carbocycles. The Labute approximate surface area is 177 Å². The summed E-state index contributed by atoms with van der Waals surface area (Å²) in [5.41, 5.74) is 0.456. The van der Waals surface area contributed by atoms with Gasteiger partial charge in [-0.25, -0.2) is 0 Å². The third-order valence-corrected chi connectivity index (χ3v) is 4.93. The third kappa shape index (κ3) is 5.80. The topological polar surface area (TPSA) is 84.9 Å². The van der Waals surface area contributed by atoms with Gasteiger partial charge in [-0.2, -0.15) is 0 Å². The second-order valence-corrected chi connectivity index (χ2v) is 7.31. The van der Waals surface area contributed by atoms with Gasteiger partial charge in [-0.15, -0.1) is 0 Å². The van der Waals surface area contributed by atoms with Crippen molar-refractivity contribution >= 4 is 33.7 Å². The fraction of sp³-hybridized carbons (Fsp3) is 0.286. The summed E-state index contributed by atoms with van der Waals surface area (Å²) in [5, 5.41) is 2.70. The van der Waals surface area contributed by atoms with Crippen LogP contribution in [-0.2, 0) is 14.3 Å². The maximum Gasteiger partial charge on any atom is 0.308 e. The van der Waals surface area contributed by atoms with Crippen molar-refractivity contribution in [3.63, 3.8) is 0 Å². The molecule has 0 aliphatic carbocycles. The molecule has 3 rings (SSSR count). The molecule has 1 unspecified atom stereocenters. The van der Waals surface area contributed by atoms with Gasteiger partial charge < -0.3 is 19.7 Å². The molecule has 1 atom stereocenters. The van der Waals surface area contributed by atoms with Gasteiger partial charge in [0.15, 0.2) is 0 Å². The van der Waals surface area contributed by atoms with Crippen molar-refractivity contribution in [2.45, 2.75) is 12.5 Å². The molecule has 0 spiro atoms. The summed E-state index contributed by atoms with van der Waals surface area (Å²) >= 11 is 3.33. The molecule has 2 aromatic carbocycles. The van der Waals surface area contributed by atoms with Crippen LogP contribution in [0.4, 0.5) is 0 Å². The Morgan fingerprint density at radius 2 is 1.79 bits per heavy atom. The summed E-state index contributed by atoms with van der Waals surface area (Å²) in [5.74, 6) is -0.532. The lowest BCUT2D eigenvalue weighted by molar-refractivity contribution is -0.148. The molecule has 29 heavy (non-hydrogen) atoms. The molecule has 7 nitrogen and oxygen atoms in total. The Morgan fingerprint density at radius 1 is 1.07 bits per heavy atom. The SMILES string of the molecule is O=C(CC1C(=O)NCCN1C(=O)c1ccc(Br)cc1)OCCOc1ccccc1. The number of esters is 1. The predicted octanol–water partition coefficient (Wildman–Crippen LogP) is 2.40. The quantitative estimate of drug-likeness (QED) is 0.506. The Kier molecular flexibility index (Phi) is 7.24. The Balaban J connectivity index is 1.54. The first-order valence-corrected chi connectivity index (χ1v) is 10.0. The number of nitrogens with one attached hydrogen (secondary N) is 1. The molecule has 0 radical (unpaired) electrons. The molecule has 1 fully saturated rings. The fourth-order valence-electron chi connectivity index (χ4n) is 2.97. The smallest absolute Gasteiger partial charge is 0.308 e. The van der Waals surface area contributed by atoms with Crippen LogP contribution >= 0.6 is 15.9 Å². The molecule has 1 heterocycles. The van der Waals surface area contributed by atoms with Crippen molar-refractivity contribution < 1.29 is 23.9 Å². The molecule has 152 valence electrons. The lowest BCUT2D eigenvalue weighted by Gasteiger charge is -2.34. The van der Waals surface area contributed by atoms with Gasteiger partial charge in [0.1, 0.15) is 25.0 Å². The molecule has 0 bridgehead atoms. The van der Waals surface area contributed by atoms with E-state index in [1.54, 1.807) is 36.4 Å². The van der Waals surface area contributed by atoms with E-state index in [0.29, 0.717) is 24.4 Å². The summed E-state index contributed by atoms with van der Waals surface area (Å²) in [6, 6.07) is 15.1. The zero-order chi connectivity index (χ0) is 20.6. The number of hydrogen-bond acceptors (Lipinski definition) is 5. The van der Waals surface area contributed by atoms with E-state index < -0.39 is 12.0 Å². The molecule has 8 heteroatoms. The number of piperazine rings is 1. The number of halogens is 1. The van der Waals surface area contributed by atoms with E-state index >= 15 is 0 Å². The van der Waals surface area contributed by atoms with E-state index in [4.69, 9.17) is 9.47 Å². The summed E-state index contributed by atoms with van der Waals surface area (Å²) in [6.07, 6.45) is -0.209. The minimum absolute atomic E-state index is 0.0583. The Morgan fingerprint density at radius 3 is 2.52 bits per heavy atom. The van der Waals surface area contributed by atoms with Gasteiger partial charge in [-0.1, -0.05) is 34.1 Å². The van der Waals surface area contributed by atoms with Crippen LogP contribution in [0.15, 0.2) is 59.1 Å². The monoisotopic (exact) mass is 460 g/mol. The Hall–Kier alpha value is -2.87. The maximum absolute atomic E-state index is 12.8. The van der Waals surface area contributed by atoms with Crippen LogP contribution in [0.1, 0.15) is 16.8 Å². The molecular formula is C21H21BrN2O5. The largest absolute Gasteiger partial charge is 0.490 e. The normalized spacial score (nSPS) is 16.1. The maximum atomic E-state index is 12.8. The number of nitrogens with zero attached hydrogens (tertiary/aromatic N) is 1. The van der Waals surface area contributed by atoms with Crippen molar-refractivity contribution in [3.8, 4) is 5.75 Å². The molecule has 2 aromatic rings. The van der Waals surface area contributed by atoms with Crippen molar-refractivity contribution in [1.82, 2.24) is 10.2 Å². The third-order valence-electron chi connectivity index (χ3n) is 4.40. The number of benzene rings is 2. The highest BCUT2D eigenvalue weighted by molar-refractivity contribution is 9.10. The van der Waals surface area contributed by atoms with Crippen LogP contribution < -0.4 is 10.1 Å². The van der Waals surface area contributed by atoms with Crippen LogP contribution in [0.3, 0.4) is 0 Å². The van der Waals surface area contributed by atoms with Crippen LogP contribution in [-0.4, -0.2) is 55.0 Å². The van der Waals surface area contributed by atoms with E-state index in [0.717, 1.165) is 4.47 Å². The molecule has 1 aliphatic rings. The van der Waals surface area contributed by atoms with Crippen LogP contribution in [0.5, 0.6) is 5.75 Å². The number of amides is 2. The van der Waals surface area contributed by atoms with Crippen molar-refractivity contribution in [2.75, 3.05) is 26.3 Å². The van der Waals surface area contributed by atoms with Gasteiger partial charge in [0.05, 0.1) is 6.42 Å². The first kappa shape index (κ1) is 20.9. The van der Waals surface area contributed by atoms with E-state index in [1.165, 1.54) is 4.90 Å². The number of rotatable bonds is 7. The number of para-hydroxylation sites is 1. The van der Waals surface area contributed by atoms with Gasteiger partial charge in [-0.3, -0.25) is 14.4 Å². The van der Waals surface area contributed by atoms with Gasteiger partial charge in [0, 0.05) is 23.1 Å². The first-order valence-electron chi connectivity index (χ1n) is 9.22. The Bertz CT molecular complexity index is 857. The molecule has 1 N–H and O–H groups in total. The van der Waals surface area contributed by atoms with Crippen LogP contribution in [0.25, 0.3) is 0 Å². The molecule has 1 aliphatic heterocycles. The predicted molar refractivity (Wildman–Crippen MR) is 109 cm³/mol. The highest BCUT2D eigenvalue weighted by Gasteiger charge is 2.35. The molecular weight excluding hydrogens is 440 g/mol. The van der Waals surface area contributed by atoms with Gasteiger partial charge in [0.2, 0.25) is 5.91 Å². The van der Waals surface area contributed by atoms with E-state index in [1.807, 2.05) is 18.2 Å². The van der Waals surface area contributed by atoms with Crippen molar-refractivity contribution in [2.24, 2.45) is 0 Å². The second-order valence-electron chi connectivity index (χ2n) is 6.40. The molecule has 2 amide bonds. The highest BCUT2D eigenvalue weighted by Crippen LogP contribution is 2.17. The van der Waals surface area contributed by atoms with Crippen molar-refractivity contribution in [1.29, 1.82) is 0 Å². The van der Waals surface area contributed by atoms with E-state index in [9.17, 15) is 14.4 Å². The highest BCUT2D eigenvalue weighted by atomic mass is 79.9. The lowest BCUT2D eigenvalue weighted by atomic mass is 10.1. The second kappa shape index (κ2) is 10.1. The lowest BCUT2D eigenvalue weighted by Crippen LogP contribution is -2.57. The van der Waals surface area contributed by atoms with Crippen LogP contribution in [0, 0.1) is 0 Å². The van der Waals surface area contributed by atoms with Gasteiger partial charge >= 0.3 is 5.97 Å². The zero-order valence-electron chi connectivity index (χ0n) is 15.7. The summed E-state index contributed by atoms with van der Waals surface area (Å²) in [4.78, 5) is 38.8. The van der Waals surface area contributed by atoms with Gasteiger partial charge in [0.25, 0.3) is 5.91 Å². The number of carbonyl (C=O) groups excluding carboxylic acids is 3. The average Bonchev–Trinajstić information content (AvgIpc) is 2.73. The van der Waals surface area contributed by atoms with Crippen molar-refractivity contribution in [3.05, 3.63) is 64.6 Å². The van der Waals surface area contributed by atoms with E-state index in [-0.39, 0.29) is 31.4 Å². The molecule has 1 saturated heterocycles. The summed E-state index contributed by atoms with van der Waals surface area (Å²) in [7, 11) is 0. The minimum atomic E-state index is -0.901. The minimum Gasteiger partial charge on any atom is -0.490 e.